The summed E-state index contributed by atoms with van der Waals surface area (Å²) in [6.07, 6.45) is 0. The highest BCUT2D eigenvalue weighted by atomic mass is 14.1. The SMILES string of the molecule is Cc1ccc(-c2cccc3cccc(C)c23)cc1. The molecule has 0 saturated carbocycles. The minimum atomic E-state index is 1.29. The first kappa shape index (κ1) is 11.0. The fraction of sp³-hybridized carbons (Fsp3) is 0.111. The highest BCUT2D eigenvalue weighted by molar-refractivity contribution is 5.98. The van der Waals surface area contributed by atoms with Crippen LogP contribution in [0.15, 0.2) is 60.7 Å². The van der Waals surface area contributed by atoms with Crippen LogP contribution in [-0.2, 0) is 0 Å². The van der Waals surface area contributed by atoms with E-state index < -0.39 is 0 Å². The lowest BCUT2D eigenvalue weighted by Crippen LogP contribution is -1.84. The van der Waals surface area contributed by atoms with Crippen molar-refractivity contribution in [2.24, 2.45) is 0 Å². The van der Waals surface area contributed by atoms with E-state index in [9.17, 15) is 0 Å². The Balaban J connectivity index is 2.32. The highest BCUT2D eigenvalue weighted by Gasteiger charge is 2.05. The van der Waals surface area contributed by atoms with Gasteiger partial charge in [-0.2, -0.15) is 0 Å². The van der Waals surface area contributed by atoms with Gasteiger partial charge in [0.2, 0.25) is 0 Å². The van der Waals surface area contributed by atoms with Crippen molar-refractivity contribution < 1.29 is 0 Å². The van der Waals surface area contributed by atoms with Crippen LogP contribution in [0.5, 0.6) is 0 Å². The lowest BCUT2D eigenvalue weighted by molar-refractivity contribution is 1.47. The molecule has 0 aliphatic carbocycles. The zero-order valence-corrected chi connectivity index (χ0v) is 10.8. The molecule has 0 fully saturated rings. The predicted molar refractivity (Wildman–Crippen MR) is 78.9 cm³/mol. The third kappa shape index (κ3) is 1.80. The summed E-state index contributed by atoms with van der Waals surface area (Å²) in [7, 11) is 0. The molecule has 0 spiro atoms. The van der Waals surface area contributed by atoms with Crippen LogP contribution in [0.25, 0.3) is 21.9 Å². The maximum absolute atomic E-state index is 2.21. The van der Waals surface area contributed by atoms with Crippen LogP contribution < -0.4 is 0 Å². The lowest BCUT2D eigenvalue weighted by Gasteiger charge is -2.09. The number of benzene rings is 3. The van der Waals surface area contributed by atoms with Gasteiger partial charge in [-0.3, -0.25) is 0 Å². The van der Waals surface area contributed by atoms with E-state index >= 15 is 0 Å². The molecule has 0 heteroatoms. The molecule has 3 rings (SSSR count). The van der Waals surface area contributed by atoms with Crippen LogP contribution in [-0.4, -0.2) is 0 Å². The van der Waals surface area contributed by atoms with Crippen LogP contribution >= 0.6 is 0 Å². The van der Waals surface area contributed by atoms with Gasteiger partial charge in [-0.1, -0.05) is 66.2 Å². The summed E-state index contributed by atoms with van der Waals surface area (Å²) in [6, 6.07) is 21.8. The number of fused-ring (bicyclic) bond motifs is 1. The molecule has 0 nitrogen and oxygen atoms in total. The third-order valence-electron chi connectivity index (χ3n) is 3.48. The topological polar surface area (TPSA) is 0 Å². The molecule has 0 amide bonds. The summed E-state index contributed by atoms with van der Waals surface area (Å²) in [5.74, 6) is 0. The van der Waals surface area contributed by atoms with Crippen molar-refractivity contribution in [2.75, 3.05) is 0 Å². The zero-order valence-electron chi connectivity index (χ0n) is 10.8. The van der Waals surface area contributed by atoms with Gasteiger partial charge in [0.15, 0.2) is 0 Å². The van der Waals surface area contributed by atoms with Gasteiger partial charge in [-0.25, -0.2) is 0 Å². The standard InChI is InChI=1S/C18H16/c1-13-9-11-15(12-10-13)17-8-4-7-16-6-3-5-14(2)18(16)17/h3-12H,1-2H3. The summed E-state index contributed by atoms with van der Waals surface area (Å²) >= 11 is 0. The van der Waals surface area contributed by atoms with Crippen molar-refractivity contribution in [3.63, 3.8) is 0 Å². The van der Waals surface area contributed by atoms with Gasteiger partial charge in [0.05, 0.1) is 0 Å². The quantitative estimate of drug-likeness (QED) is 0.546. The molecule has 0 radical (unpaired) electrons. The molecule has 0 unspecified atom stereocenters. The molecule has 0 bridgehead atoms. The van der Waals surface area contributed by atoms with Gasteiger partial charge in [0.1, 0.15) is 0 Å². The Morgan fingerprint density at radius 2 is 1.33 bits per heavy atom. The minimum Gasteiger partial charge on any atom is -0.0614 e. The molecule has 0 aliphatic rings. The highest BCUT2D eigenvalue weighted by Crippen LogP contribution is 2.30. The van der Waals surface area contributed by atoms with Crippen molar-refractivity contribution in [3.05, 3.63) is 71.8 Å². The molecule has 0 aromatic heterocycles. The fourth-order valence-corrected chi connectivity index (χ4v) is 2.50. The van der Waals surface area contributed by atoms with Crippen molar-refractivity contribution in [3.8, 4) is 11.1 Å². The fourth-order valence-electron chi connectivity index (χ4n) is 2.50. The molecule has 18 heavy (non-hydrogen) atoms. The average molecular weight is 232 g/mol. The van der Waals surface area contributed by atoms with Gasteiger partial charge in [-0.05, 0) is 41.3 Å². The normalized spacial score (nSPS) is 10.8. The monoisotopic (exact) mass is 232 g/mol. The first-order valence-electron chi connectivity index (χ1n) is 6.31. The smallest absolute Gasteiger partial charge is 0.00761 e. The van der Waals surface area contributed by atoms with Gasteiger partial charge >= 0.3 is 0 Å². The Kier molecular flexibility index (Phi) is 2.64. The van der Waals surface area contributed by atoms with Crippen LogP contribution in [0.2, 0.25) is 0 Å². The molecule has 0 N–H and O–H groups in total. The second-order valence-electron chi connectivity index (χ2n) is 4.84. The first-order valence-corrected chi connectivity index (χ1v) is 6.31. The van der Waals surface area contributed by atoms with E-state index in [1.54, 1.807) is 0 Å². The summed E-state index contributed by atoms with van der Waals surface area (Å²) in [6.45, 7) is 4.30. The van der Waals surface area contributed by atoms with E-state index in [0.717, 1.165) is 0 Å². The van der Waals surface area contributed by atoms with Crippen LogP contribution in [0.3, 0.4) is 0 Å². The molecule has 88 valence electrons. The number of hydrogen-bond donors (Lipinski definition) is 0. The zero-order chi connectivity index (χ0) is 12.5. The molecule has 0 aliphatic heterocycles. The molecule has 0 saturated heterocycles. The summed E-state index contributed by atoms with van der Waals surface area (Å²) in [4.78, 5) is 0. The largest absolute Gasteiger partial charge is 0.0614 e. The van der Waals surface area contributed by atoms with Crippen molar-refractivity contribution in [1.29, 1.82) is 0 Å². The van der Waals surface area contributed by atoms with Gasteiger partial charge in [0, 0.05) is 0 Å². The maximum Gasteiger partial charge on any atom is -0.00761 e. The second-order valence-corrected chi connectivity index (χ2v) is 4.84. The molecular weight excluding hydrogens is 216 g/mol. The summed E-state index contributed by atoms with van der Waals surface area (Å²) in [5.41, 5.74) is 5.26. The van der Waals surface area contributed by atoms with Crippen molar-refractivity contribution in [1.82, 2.24) is 0 Å². The Morgan fingerprint density at radius 1 is 0.667 bits per heavy atom. The second kappa shape index (κ2) is 4.30. The minimum absolute atomic E-state index is 1.29. The van der Waals surface area contributed by atoms with Gasteiger partial charge in [0.25, 0.3) is 0 Å². The maximum atomic E-state index is 2.21. The average Bonchev–Trinajstić information content (AvgIpc) is 2.39. The van der Waals surface area contributed by atoms with E-state index in [-0.39, 0.29) is 0 Å². The van der Waals surface area contributed by atoms with Crippen molar-refractivity contribution >= 4 is 10.8 Å². The molecule has 0 atom stereocenters. The van der Waals surface area contributed by atoms with E-state index in [1.807, 2.05) is 0 Å². The molecule has 3 aromatic rings. The molecular formula is C18H16. The number of hydrogen-bond acceptors (Lipinski definition) is 0. The van der Waals surface area contributed by atoms with Crippen LogP contribution in [0, 0.1) is 13.8 Å². The third-order valence-corrected chi connectivity index (χ3v) is 3.48. The Morgan fingerprint density at radius 3 is 2.06 bits per heavy atom. The van der Waals surface area contributed by atoms with Crippen LogP contribution in [0.4, 0.5) is 0 Å². The van der Waals surface area contributed by atoms with E-state index in [1.165, 1.54) is 33.0 Å². The Hall–Kier alpha value is -2.08. The lowest BCUT2D eigenvalue weighted by atomic mass is 9.95. The summed E-state index contributed by atoms with van der Waals surface area (Å²) < 4.78 is 0. The van der Waals surface area contributed by atoms with E-state index in [0.29, 0.717) is 0 Å². The van der Waals surface area contributed by atoms with E-state index in [2.05, 4.69) is 74.5 Å². The van der Waals surface area contributed by atoms with E-state index in [4.69, 9.17) is 0 Å². The summed E-state index contributed by atoms with van der Waals surface area (Å²) in [5, 5.41) is 2.68. The van der Waals surface area contributed by atoms with Crippen LogP contribution in [0.1, 0.15) is 11.1 Å². The van der Waals surface area contributed by atoms with Gasteiger partial charge < -0.3 is 0 Å². The number of rotatable bonds is 1. The predicted octanol–water partition coefficient (Wildman–Crippen LogP) is 5.12. The van der Waals surface area contributed by atoms with Crippen molar-refractivity contribution in [2.45, 2.75) is 13.8 Å². The Labute approximate surface area is 108 Å². The first-order chi connectivity index (χ1) is 8.75. The Bertz CT molecular complexity index is 686. The molecule has 3 aromatic carbocycles. The molecule has 0 heterocycles. The number of aryl methyl sites for hydroxylation is 2. The van der Waals surface area contributed by atoms with Gasteiger partial charge in [-0.15, -0.1) is 0 Å².